The maximum Gasteiger partial charge on any atom is 0.332 e. The van der Waals surface area contributed by atoms with E-state index in [-0.39, 0.29) is 5.97 Å². The molecule has 0 aliphatic carbocycles. The highest BCUT2D eigenvalue weighted by molar-refractivity contribution is 5.82. The van der Waals surface area contributed by atoms with Gasteiger partial charge in [0.15, 0.2) is 0 Å². The molecule has 0 aromatic heterocycles. The van der Waals surface area contributed by atoms with Crippen LogP contribution in [0.4, 0.5) is 0 Å². The standard InChI is InChI=1S/C10H18N2O3/c1-9(11)8-10(13)15-7-4-12-2-5-14-6-3-12/h8H,2-7,11H2,1H3/b9-8+. The quantitative estimate of drug-likeness (QED) is 0.515. The van der Waals surface area contributed by atoms with E-state index in [9.17, 15) is 4.79 Å². The van der Waals surface area contributed by atoms with Gasteiger partial charge in [-0.2, -0.15) is 0 Å². The van der Waals surface area contributed by atoms with Crippen molar-refractivity contribution < 1.29 is 14.3 Å². The van der Waals surface area contributed by atoms with Gasteiger partial charge in [-0.1, -0.05) is 0 Å². The lowest BCUT2D eigenvalue weighted by atomic mass is 10.4. The van der Waals surface area contributed by atoms with Crippen LogP contribution in [-0.2, 0) is 14.3 Å². The zero-order valence-electron chi connectivity index (χ0n) is 9.07. The van der Waals surface area contributed by atoms with Crippen molar-refractivity contribution in [1.82, 2.24) is 4.90 Å². The van der Waals surface area contributed by atoms with Crippen molar-refractivity contribution in [2.24, 2.45) is 5.73 Å². The number of carbonyl (C=O) groups is 1. The first-order valence-electron chi connectivity index (χ1n) is 5.09. The van der Waals surface area contributed by atoms with Gasteiger partial charge in [-0.15, -0.1) is 0 Å². The SMILES string of the molecule is C/C(N)=C\C(=O)OCCN1CCOCC1. The van der Waals surface area contributed by atoms with Crippen LogP contribution < -0.4 is 5.73 Å². The first-order valence-corrected chi connectivity index (χ1v) is 5.09. The number of nitrogens with two attached hydrogens (primary N) is 1. The highest BCUT2D eigenvalue weighted by atomic mass is 16.5. The Hall–Kier alpha value is -1.07. The van der Waals surface area contributed by atoms with Crippen molar-refractivity contribution >= 4 is 5.97 Å². The first-order chi connectivity index (χ1) is 7.18. The summed E-state index contributed by atoms with van der Waals surface area (Å²) in [6.07, 6.45) is 1.29. The summed E-state index contributed by atoms with van der Waals surface area (Å²) in [5.41, 5.74) is 5.81. The average molecular weight is 214 g/mol. The average Bonchev–Trinajstić information content (AvgIpc) is 2.18. The fraction of sp³-hybridized carbons (Fsp3) is 0.700. The Bertz CT molecular complexity index is 231. The molecule has 0 aromatic carbocycles. The third kappa shape index (κ3) is 5.39. The summed E-state index contributed by atoms with van der Waals surface area (Å²) < 4.78 is 10.2. The lowest BCUT2D eigenvalue weighted by Gasteiger charge is -2.25. The molecule has 1 rings (SSSR count). The van der Waals surface area contributed by atoms with Gasteiger partial charge in [0, 0.05) is 31.4 Å². The lowest BCUT2D eigenvalue weighted by molar-refractivity contribution is -0.138. The van der Waals surface area contributed by atoms with E-state index < -0.39 is 0 Å². The van der Waals surface area contributed by atoms with Gasteiger partial charge >= 0.3 is 5.97 Å². The maximum absolute atomic E-state index is 11.1. The Kier molecular flexibility index (Phi) is 5.14. The largest absolute Gasteiger partial charge is 0.461 e. The smallest absolute Gasteiger partial charge is 0.332 e. The van der Waals surface area contributed by atoms with Gasteiger partial charge in [-0.05, 0) is 6.92 Å². The molecule has 1 aliphatic heterocycles. The van der Waals surface area contributed by atoms with Gasteiger partial charge in [0.2, 0.25) is 0 Å². The number of rotatable bonds is 4. The predicted molar refractivity (Wildman–Crippen MR) is 56.2 cm³/mol. The minimum Gasteiger partial charge on any atom is -0.461 e. The molecule has 0 saturated carbocycles. The second-order valence-electron chi connectivity index (χ2n) is 3.51. The third-order valence-electron chi connectivity index (χ3n) is 2.10. The van der Waals surface area contributed by atoms with E-state index >= 15 is 0 Å². The van der Waals surface area contributed by atoms with Gasteiger partial charge < -0.3 is 15.2 Å². The number of morpholine rings is 1. The Morgan fingerprint density at radius 3 is 2.80 bits per heavy atom. The zero-order valence-corrected chi connectivity index (χ0v) is 9.07. The summed E-state index contributed by atoms with van der Waals surface area (Å²) in [7, 11) is 0. The van der Waals surface area contributed by atoms with E-state index in [0.717, 1.165) is 32.8 Å². The van der Waals surface area contributed by atoms with E-state index in [1.165, 1.54) is 6.08 Å². The van der Waals surface area contributed by atoms with Crippen LogP contribution in [0.3, 0.4) is 0 Å². The van der Waals surface area contributed by atoms with Crippen LogP contribution in [-0.4, -0.2) is 50.3 Å². The summed E-state index contributed by atoms with van der Waals surface area (Å²) in [6, 6.07) is 0. The number of allylic oxidation sites excluding steroid dienone is 1. The van der Waals surface area contributed by atoms with Crippen LogP contribution in [0.5, 0.6) is 0 Å². The number of hydrogen-bond acceptors (Lipinski definition) is 5. The molecule has 5 nitrogen and oxygen atoms in total. The van der Waals surface area contributed by atoms with Crippen molar-refractivity contribution in [3.05, 3.63) is 11.8 Å². The van der Waals surface area contributed by atoms with E-state index in [0.29, 0.717) is 12.3 Å². The minimum atomic E-state index is -0.372. The molecule has 5 heteroatoms. The van der Waals surface area contributed by atoms with Crippen LogP contribution in [0, 0.1) is 0 Å². The number of ether oxygens (including phenoxy) is 2. The maximum atomic E-state index is 11.1. The molecule has 86 valence electrons. The lowest BCUT2D eigenvalue weighted by Crippen LogP contribution is -2.38. The van der Waals surface area contributed by atoms with Crippen LogP contribution in [0.15, 0.2) is 11.8 Å². The Morgan fingerprint density at radius 2 is 2.20 bits per heavy atom. The molecule has 0 bridgehead atoms. The Labute approximate surface area is 89.8 Å². The van der Waals surface area contributed by atoms with Crippen LogP contribution in [0.25, 0.3) is 0 Å². The van der Waals surface area contributed by atoms with Crippen LogP contribution in [0.2, 0.25) is 0 Å². The van der Waals surface area contributed by atoms with Gasteiger partial charge in [0.25, 0.3) is 0 Å². The third-order valence-corrected chi connectivity index (χ3v) is 2.10. The Balaban J connectivity index is 2.10. The monoisotopic (exact) mass is 214 g/mol. The Morgan fingerprint density at radius 1 is 1.53 bits per heavy atom. The molecule has 0 unspecified atom stereocenters. The van der Waals surface area contributed by atoms with E-state index in [1.54, 1.807) is 6.92 Å². The highest BCUT2D eigenvalue weighted by Gasteiger charge is 2.10. The topological polar surface area (TPSA) is 64.8 Å². The van der Waals surface area contributed by atoms with Crippen molar-refractivity contribution in [3.8, 4) is 0 Å². The van der Waals surface area contributed by atoms with Crippen molar-refractivity contribution in [1.29, 1.82) is 0 Å². The first kappa shape index (κ1) is 12.0. The molecule has 1 saturated heterocycles. The molecule has 15 heavy (non-hydrogen) atoms. The van der Waals surface area contributed by atoms with Crippen LogP contribution in [0.1, 0.15) is 6.92 Å². The van der Waals surface area contributed by atoms with Crippen molar-refractivity contribution in [3.63, 3.8) is 0 Å². The molecule has 0 aromatic rings. The predicted octanol–water partition coefficient (Wildman–Crippen LogP) is -0.276. The fourth-order valence-corrected chi connectivity index (χ4v) is 1.33. The van der Waals surface area contributed by atoms with E-state index in [4.69, 9.17) is 15.2 Å². The summed E-state index contributed by atoms with van der Waals surface area (Å²) >= 11 is 0. The van der Waals surface area contributed by atoms with Gasteiger partial charge in [-0.3, -0.25) is 4.90 Å². The molecule has 1 aliphatic rings. The molecule has 0 atom stereocenters. The molecule has 2 N–H and O–H groups in total. The molecule has 0 radical (unpaired) electrons. The molecular formula is C10H18N2O3. The molecular weight excluding hydrogens is 196 g/mol. The second kappa shape index (κ2) is 6.42. The molecule has 1 heterocycles. The van der Waals surface area contributed by atoms with E-state index in [2.05, 4.69) is 4.90 Å². The highest BCUT2D eigenvalue weighted by Crippen LogP contribution is 1.96. The molecule has 1 fully saturated rings. The fourth-order valence-electron chi connectivity index (χ4n) is 1.33. The van der Waals surface area contributed by atoms with Crippen molar-refractivity contribution in [2.75, 3.05) is 39.5 Å². The second-order valence-corrected chi connectivity index (χ2v) is 3.51. The number of carbonyl (C=O) groups excluding carboxylic acids is 1. The summed E-state index contributed by atoms with van der Waals surface area (Å²) in [5.74, 6) is -0.372. The number of nitrogens with zero attached hydrogens (tertiary/aromatic N) is 1. The van der Waals surface area contributed by atoms with Crippen molar-refractivity contribution in [2.45, 2.75) is 6.92 Å². The van der Waals surface area contributed by atoms with Gasteiger partial charge in [-0.25, -0.2) is 4.79 Å². The minimum absolute atomic E-state index is 0.372. The van der Waals surface area contributed by atoms with Gasteiger partial charge in [0.05, 0.1) is 13.2 Å². The summed E-state index contributed by atoms with van der Waals surface area (Å²) in [6.45, 7) is 6.15. The zero-order chi connectivity index (χ0) is 11.1. The summed E-state index contributed by atoms with van der Waals surface area (Å²) in [5, 5.41) is 0. The normalized spacial score (nSPS) is 18.9. The molecule has 0 amide bonds. The van der Waals surface area contributed by atoms with E-state index in [1.807, 2.05) is 0 Å². The van der Waals surface area contributed by atoms with Crippen LogP contribution >= 0.6 is 0 Å². The summed E-state index contributed by atoms with van der Waals surface area (Å²) in [4.78, 5) is 13.3. The molecule has 0 spiro atoms. The van der Waals surface area contributed by atoms with Gasteiger partial charge in [0.1, 0.15) is 6.61 Å². The number of hydrogen-bond donors (Lipinski definition) is 1. The number of esters is 1.